The number of aliphatic imine (C=N–C) groups is 1. The monoisotopic (exact) mass is 728 g/mol. The van der Waals surface area contributed by atoms with Gasteiger partial charge in [0.1, 0.15) is 18.2 Å². The smallest absolute Gasteiger partial charge is 0.335 e. The number of carboxylic acids is 1. The van der Waals surface area contributed by atoms with E-state index in [4.69, 9.17) is 20.6 Å². The number of esters is 1. The molecule has 0 unspecified atom stereocenters. The van der Waals surface area contributed by atoms with Gasteiger partial charge in [-0.15, -0.1) is 0 Å². The summed E-state index contributed by atoms with van der Waals surface area (Å²) in [6.45, 7) is 4.19. The molecular weight excluding hydrogens is 672 g/mol. The van der Waals surface area contributed by atoms with Crippen LogP contribution >= 0.6 is 0 Å². The van der Waals surface area contributed by atoms with Gasteiger partial charge in [0.2, 0.25) is 5.91 Å². The number of aliphatic hydroxyl groups is 2. The maximum Gasteiger partial charge on any atom is 0.335 e. The van der Waals surface area contributed by atoms with Crippen LogP contribution in [0.15, 0.2) is 32.6 Å². The van der Waals surface area contributed by atoms with Crippen molar-refractivity contribution in [3.63, 3.8) is 0 Å². The summed E-state index contributed by atoms with van der Waals surface area (Å²) in [5.41, 5.74) is 7.83. The third-order valence-electron chi connectivity index (χ3n) is 13.2. The van der Waals surface area contributed by atoms with Crippen molar-refractivity contribution in [3.8, 4) is 0 Å². The van der Waals surface area contributed by atoms with Gasteiger partial charge in [0.05, 0.1) is 17.3 Å². The summed E-state index contributed by atoms with van der Waals surface area (Å²) < 4.78 is 11.0. The molecule has 0 bridgehead atoms. The number of nitrogens with two attached hydrogens (primary N) is 2. The lowest BCUT2D eigenvalue weighted by Gasteiger charge is -2.64. The molecule has 1 aromatic heterocycles. The number of carbonyl (C=O) groups is 4. The van der Waals surface area contributed by atoms with Crippen molar-refractivity contribution >= 4 is 29.6 Å². The number of unbranched alkanes of at least 4 members (excludes halogenated alkanes) is 3. The van der Waals surface area contributed by atoms with E-state index in [0.717, 1.165) is 12.8 Å². The van der Waals surface area contributed by atoms with Crippen LogP contribution < -0.4 is 22.4 Å². The largest absolute Gasteiger partial charge is 0.480 e. The number of aliphatic hydroxyl groups excluding tert-OH is 1. The number of nitrogens with zero attached hydrogens (tertiary/aromatic N) is 1. The molecule has 0 aromatic carbocycles. The van der Waals surface area contributed by atoms with Gasteiger partial charge in [-0.3, -0.25) is 19.4 Å². The Labute approximate surface area is 304 Å². The Kier molecular flexibility index (Phi) is 12.2. The van der Waals surface area contributed by atoms with Gasteiger partial charge in [0, 0.05) is 37.3 Å². The molecule has 1 amide bonds. The van der Waals surface area contributed by atoms with Gasteiger partial charge >= 0.3 is 17.6 Å². The lowest BCUT2D eigenvalue weighted by Crippen LogP contribution is -2.70. The van der Waals surface area contributed by atoms with Crippen molar-refractivity contribution < 1.29 is 43.7 Å². The van der Waals surface area contributed by atoms with E-state index in [2.05, 4.69) is 17.2 Å². The SMILES string of the molecule is C[C@]12CC[C@H](OC(=O)CCCCCCC(=O)N[C@H](CCCN=C(N)N)C(=O)O)C[C@H]1CC[C@@H]1[C@@H]2[C@H](O)C(=O)[C@]2(C)[C@@H](c3ccc(=O)oc3)CC[C@]12O. The molecule has 4 saturated carbocycles. The minimum absolute atomic E-state index is 0.0680. The van der Waals surface area contributed by atoms with Crippen molar-refractivity contribution in [2.45, 2.75) is 140 Å². The van der Waals surface area contributed by atoms with E-state index in [-0.39, 0.29) is 73.3 Å². The quantitative estimate of drug-likeness (QED) is 0.0661. The molecule has 14 heteroatoms. The Hall–Kier alpha value is -3.78. The van der Waals surface area contributed by atoms with Crippen LogP contribution in [0.3, 0.4) is 0 Å². The van der Waals surface area contributed by atoms with Gasteiger partial charge in [0.25, 0.3) is 0 Å². The maximum absolute atomic E-state index is 14.2. The fourth-order valence-electron chi connectivity index (χ4n) is 10.4. The molecule has 10 atom stereocenters. The predicted molar refractivity (Wildman–Crippen MR) is 190 cm³/mol. The highest BCUT2D eigenvalue weighted by Crippen LogP contribution is 2.69. The number of aliphatic carboxylic acids is 1. The number of Topliss-reactive ketones (excluding diaryl/α,β-unsaturated/α-hetero) is 1. The molecule has 5 rings (SSSR count). The highest BCUT2D eigenvalue weighted by Gasteiger charge is 2.73. The number of nitrogens with one attached hydrogen (secondary N) is 1. The molecule has 14 nitrogen and oxygen atoms in total. The third-order valence-corrected chi connectivity index (χ3v) is 13.2. The molecule has 1 heterocycles. The van der Waals surface area contributed by atoms with Crippen molar-refractivity contribution in [1.82, 2.24) is 5.32 Å². The number of carboxylic acid groups (broad SMARTS) is 1. The van der Waals surface area contributed by atoms with Crippen LogP contribution in [0.2, 0.25) is 0 Å². The van der Waals surface area contributed by atoms with Gasteiger partial charge in [-0.05, 0) is 106 Å². The standard InChI is InChI=1S/C38H56N4O10/c1-36-17-15-24(52-30(45)10-6-4-3-5-9-28(43)42-27(34(48)49)8-7-19-41-35(39)40)20-23(36)12-13-26-31(36)32(46)33(47)37(2)25(16-18-38(26,37)50)22-11-14-29(44)51-21-22/h11,14,21,23-27,31-32,46,50H,3-10,12-13,15-20H2,1-2H3,(H,42,43)(H,48,49)(H4,39,40,41)/t23-,24+,25-,26-,27-,31-,32+,36+,37+,38+/m1/s1. The zero-order valence-corrected chi connectivity index (χ0v) is 30.4. The first kappa shape index (κ1) is 39.4. The van der Waals surface area contributed by atoms with Crippen LogP contribution in [-0.2, 0) is 23.9 Å². The fraction of sp³-hybridized carbons (Fsp3) is 0.737. The number of fused-ring (bicyclic) bond motifs is 5. The lowest BCUT2D eigenvalue weighted by molar-refractivity contribution is -0.229. The normalized spacial score (nSPS) is 34.3. The van der Waals surface area contributed by atoms with Gasteiger partial charge in [-0.1, -0.05) is 19.8 Å². The fourth-order valence-corrected chi connectivity index (χ4v) is 10.4. The molecular formula is C38H56N4O10. The zero-order chi connectivity index (χ0) is 37.8. The van der Waals surface area contributed by atoms with Crippen molar-refractivity contribution in [1.29, 1.82) is 0 Å². The average Bonchev–Trinajstić information content (AvgIpc) is 3.38. The third kappa shape index (κ3) is 7.78. The number of hydrogen-bond acceptors (Lipinski definition) is 10. The molecule has 0 spiro atoms. The molecule has 52 heavy (non-hydrogen) atoms. The summed E-state index contributed by atoms with van der Waals surface area (Å²) in [5, 5.41) is 36.1. The van der Waals surface area contributed by atoms with Crippen molar-refractivity contribution in [2.24, 2.45) is 45.0 Å². The summed E-state index contributed by atoms with van der Waals surface area (Å²) in [6, 6.07) is 1.98. The first-order chi connectivity index (χ1) is 24.6. The second kappa shape index (κ2) is 16.1. The summed E-state index contributed by atoms with van der Waals surface area (Å²) in [4.78, 5) is 66.2. The number of ether oxygens (including phenoxy) is 1. The Balaban J connectivity index is 1.06. The second-order valence-electron chi connectivity index (χ2n) is 16.0. The number of carbonyl (C=O) groups excluding carboxylic acids is 3. The number of hydrogen-bond donors (Lipinski definition) is 6. The highest BCUT2D eigenvalue weighted by atomic mass is 16.5. The molecule has 0 saturated heterocycles. The molecule has 288 valence electrons. The van der Waals surface area contributed by atoms with Gasteiger partial charge in [-0.2, -0.15) is 0 Å². The van der Waals surface area contributed by atoms with Crippen LogP contribution in [0.4, 0.5) is 0 Å². The minimum atomic E-state index is -1.30. The Morgan fingerprint density at radius 2 is 1.75 bits per heavy atom. The van der Waals surface area contributed by atoms with E-state index in [1.807, 2.05) is 0 Å². The summed E-state index contributed by atoms with van der Waals surface area (Å²) in [7, 11) is 0. The number of rotatable bonds is 15. The van der Waals surface area contributed by atoms with Crippen molar-refractivity contribution in [2.75, 3.05) is 6.54 Å². The van der Waals surface area contributed by atoms with E-state index in [9.17, 15) is 39.3 Å². The Morgan fingerprint density at radius 1 is 1.02 bits per heavy atom. The van der Waals surface area contributed by atoms with Crippen LogP contribution in [0, 0.1) is 28.6 Å². The van der Waals surface area contributed by atoms with E-state index < -0.39 is 46.1 Å². The summed E-state index contributed by atoms with van der Waals surface area (Å²) in [5.74, 6) is -3.05. The van der Waals surface area contributed by atoms with E-state index in [1.165, 1.54) is 12.3 Å². The Morgan fingerprint density at radius 3 is 2.42 bits per heavy atom. The molecule has 0 radical (unpaired) electrons. The molecule has 4 aliphatic rings. The first-order valence-corrected chi connectivity index (χ1v) is 18.9. The molecule has 0 aliphatic heterocycles. The number of ketones is 1. The average molecular weight is 729 g/mol. The van der Waals surface area contributed by atoms with E-state index >= 15 is 0 Å². The molecule has 1 aromatic rings. The zero-order valence-electron chi connectivity index (χ0n) is 30.4. The summed E-state index contributed by atoms with van der Waals surface area (Å²) in [6.07, 6.45) is 7.97. The molecule has 8 N–H and O–H groups in total. The van der Waals surface area contributed by atoms with Gasteiger partial charge in [0.15, 0.2) is 11.7 Å². The highest BCUT2D eigenvalue weighted by molar-refractivity contribution is 5.93. The first-order valence-electron chi connectivity index (χ1n) is 18.9. The van der Waals surface area contributed by atoms with Crippen LogP contribution in [0.5, 0.6) is 0 Å². The Bertz CT molecular complexity index is 1560. The van der Waals surface area contributed by atoms with Crippen molar-refractivity contribution in [3.05, 3.63) is 34.4 Å². The summed E-state index contributed by atoms with van der Waals surface area (Å²) >= 11 is 0. The van der Waals surface area contributed by atoms with E-state index in [1.54, 1.807) is 13.0 Å². The topological polar surface area (TPSA) is 245 Å². The minimum Gasteiger partial charge on any atom is -0.480 e. The predicted octanol–water partition coefficient (Wildman–Crippen LogP) is 2.91. The molecule has 4 aliphatic carbocycles. The maximum atomic E-state index is 14.2. The van der Waals surface area contributed by atoms with Crippen LogP contribution in [0.1, 0.15) is 122 Å². The van der Waals surface area contributed by atoms with Crippen LogP contribution in [-0.4, -0.2) is 75.3 Å². The number of amides is 1. The lowest BCUT2D eigenvalue weighted by atomic mass is 9.42. The van der Waals surface area contributed by atoms with Crippen LogP contribution in [0.25, 0.3) is 0 Å². The van der Waals surface area contributed by atoms with Gasteiger partial charge < -0.3 is 41.3 Å². The van der Waals surface area contributed by atoms with E-state index in [0.29, 0.717) is 69.8 Å². The second-order valence-corrected chi connectivity index (χ2v) is 16.0. The molecule has 4 fully saturated rings. The van der Waals surface area contributed by atoms with Gasteiger partial charge in [-0.25, -0.2) is 9.59 Å². The number of guanidine groups is 1.